The molecule has 2 N–H and O–H groups in total. The minimum absolute atomic E-state index is 0.285. The van der Waals surface area contributed by atoms with Crippen LogP contribution >= 0.6 is 11.6 Å². The average molecular weight is 248 g/mol. The maximum absolute atomic E-state index is 9.18. The fourth-order valence-electron chi connectivity index (χ4n) is 1.60. The Morgan fingerprint density at radius 2 is 1.82 bits per heavy atom. The first-order valence-electron chi connectivity index (χ1n) is 5.43. The molecular formula is C14H14ClNO. The van der Waals surface area contributed by atoms with Gasteiger partial charge in [-0.15, -0.1) is 0 Å². The van der Waals surface area contributed by atoms with Crippen molar-refractivity contribution in [2.45, 2.75) is 13.5 Å². The first-order valence-corrected chi connectivity index (χ1v) is 5.81. The van der Waals surface area contributed by atoms with Gasteiger partial charge in [0.25, 0.3) is 0 Å². The second-order valence-electron chi connectivity index (χ2n) is 3.98. The third kappa shape index (κ3) is 3.14. The van der Waals surface area contributed by atoms with Crippen LogP contribution in [-0.2, 0) is 6.54 Å². The van der Waals surface area contributed by atoms with Crippen molar-refractivity contribution in [3.63, 3.8) is 0 Å². The van der Waals surface area contributed by atoms with Gasteiger partial charge in [-0.1, -0.05) is 29.8 Å². The number of rotatable bonds is 3. The van der Waals surface area contributed by atoms with Gasteiger partial charge in [0.05, 0.1) is 0 Å². The van der Waals surface area contributed by atoms with Gasteiger partial charge in [-0.3, -0.25) is 0 Å². The maximum Gasteiger partial charge on any atom is 0.115 e. The van der Waals surface area contributed by atoms with Crippen molar-refractivity contribution in [1.29, 1.82) is 0 Å². The molecule has 2 aromatic rings. The summed E-state index contributed by atoms with van der Waals surface area (Å²) < 4.78 is 0. The smallest absolute Gasteiger partial charge is 0.115 e. The highest BCUT2D eigenvalue weighted by Crippen LogP contribution is 2.21. The maximum atomic E-state index is 9.18. The van der Waals surface area contributed by atoms with Crippen LogP contribution in [0, 0.1) is 6.92 Å². The number of nitrogens with one attached hydrogen (secondary N) is 1. The van der Waals surface area contributed by atoms with Crippen LogP contribution in [0.1, 0.15) is 11.1 Å². The Hall–Kier alpha value is -1.67. The molecule has 17 heavy (non-hydrogen) atoms. The Kier molecular flexibility index (Phi) is 3.55. The van der Waals surface area contributed by atoms with E-state index in [1.165, 1.54) is 0 Å². The fraction of sp³-hybridized carbons (Fsp3) is 0.143. The molecule has 2 nitrogen and oxygen atoms in total. The van der Waals surface area contributed by atoms with E-state index in [4.69, 9.17) is 11.6 Å². The van der Waals surface area contributed by atoms with Gasteiger partial charge in [-0.05, 0) is 42.3 Å². The monoisotopic (exact) mass is 247 g/mol. The van der Waals surface area contributed by atoms with E-state index in [1.807, 2.05) is 37.3 Å². The van der Waals surface area contributed by atoms with Gasteiger partial charge in [-0.2, -0.15) is 0 Å². The largest absolute Gasteiger partial charge is 0.508 e. The van der Waals surface area contributed by atoms with Gasteiger partial charge in [-0.25, -0.2) is 0 Å². The highest BCUT2D eigenvalue weighted by molar-refractivity contribution is 6.30. The quantitative estimate of drug-likeness (QED) is 0.860. The van der Waals surface area contributed by atoms with Crippen LogP contribution < -0.4 is 5.32 Å². The lowest BCUT2D eigenvalue weighted by Gasteiger charge is -2.10. The molecule has 0 spiro atoms. The molecule has 0 amide bonds. The standard InChI is InChI=1S/C14H14ClNO/c1-10-2-5-12(15)8-14(10)16-9-11-3-6-13(17)7-4-11/h2-8,16-17H,9H2,1H3. The summed E-state index contributed by atoms with van der Waals surface area (Å²) in [5.41, 5.74) is 3.31. The van der Waals surface area contributed by atoms with Crippen molar-refractivity contribution in [3.8, 4) is 5.75 Å². The predicted octanol–water partition coefficient (Wildman–Crippen LogP) is 3.97. The highest BCUT2D eigenvalue weighted by Gasteiger charge is 1.99. The summed E-state index contributed by atoms with van der Waals surface area (Å²) in [5.74, 6) is 0.285. The Labute approximate surface area is 106 Å². The van der Waals surface area contributed by atoms with E-state index in [0.717, 1.165) is 21.8 Å². The minimum atomic E-state index is 0.285. The predicted molar refractivity (Wildman–Crippen MR) is 71.6 cm³/mol. The molecule has 0 saturated carbocycles. The number of benzene rings is 2. The summed E-state index contributed by atoms with van der Waals surface area (Å²) in [5, 5.41) is 13.2. The van der Waals surface area contributed by atoms with Crippen LogP contribution in [0.2, 0.25) is 5.02 Å². The summed E-state index contributed by atoms with van der Waals surface area (Å²) in [6.07, 6.45) is 0. The third-order valence-corrected chi connectivity index (χ3v) is 2.85. The average Bonchev–Trinajstić information content (AvgIpc) is 2.32. The molecule has 0 fully saturated rings. The SMILES string of the molecule is Cc1ccc(Cl)cc1NCc1ccc(O)cc1. The zero-order chi connectivity index (χ0) is 12.3. The van der Waals surface area contributed by atoms with Gasteiger partial charge in [0, 0.05) is 17.3 Å². The number of aryl methyl sites for hydroxylation is 1. The van der Waals surface area contributed by atoms with Gasteiger partial charge >= 0.3 is 0 Å². The van der Waals surface area contributed by atoms with Crippen LogP contribution in [0.25, 0.3) is 0 Å². The molecule has 0 radical (unpaired) electrons. The van der Waals surface area contributed by atoms with Crippen molar-refractivity contribution >= 4 is 17.3 Å². The summed E-state index contributed by atoms with van der Waals surface area (Å²) in [4.78, 5) is 0. The van der Waals surface area contributed by atoms with E-state index in [2.05, 4.69) is 5.32 Å². The molecule has 2 rings (SSSR count). The molecule has 3 heteroatoms. The highest BCUT2D eigenvalue weighted by atomic mass is 35.5. The first kappa shape index (κ1) is 11.8. The van der Waals surface area contributed by atoms with Crippen molar-refractivity contribution in [2.24, 2.45) is 0 Å². The molecule has 0 aliphatic heterocycles. The van der Waals surface area contributed by atoms with Crippen molar-refractivity contribution in [1.82, 2.24) is 0 Å². The number of hydrogen-bond acceptors (Lipinski definition) is 2. The van der Waals surface area contributed by atoms with Crippen LogP contribution in [0.15, 0.2) is 42.5 Å². The third-order valence-electron chi connectivity index (χ3n) is 2.62. The topological polar surface area (TPSA) is 32.3 Å². The molecule has 0 aliphatic rings. The number of phenols is 1. The molecule has 0 atom stereocenters. The lowest BCUT2D eigenvalue weighted by molar-refractivity contribution is 0.475. The van der Waals surface area contributed by atoms with Crippen LogP contribution in [-0.4, -0.2) is 5.11 Å². The Bertz CT molecular complexity index is 508. The van der Waals surface area contributed by atoms with E-state index >= 15 is 0 Å². The number of anilines is 1. The molecular weight excluding hydrogens is 234 g/mol. The van der Waals surface area contributed by atoms with E-state index in [-0.39, 0.29) is 5.75 Å². The van der Waals surface area contributed by atoms with Crippen LogP contribution in [0.4, 0.5) is 5.69 Å². The van der Waals surface area contributed by atoms with Crippen molar-refractivity contribution < 1.29 is 5.11 Å². The van der Waals surface area contributed by atoms with Crippen LogP contribution in [0.3, 0.4) is 0 Å². The van der Waals surface area contributed by atoms with Crippen LogP contribution in [0.5, 0.6) is 5.75 Å². The van der Waals surface area contributed by atoms with Crippen molar-refractivity contribution in [3.05, 3.63) is 58.6 Å². The normalized spacial score (nSPS) is 10.2. The Balaban J connectivity index is 2.07. The van der Waals surface area contributed by atoms with E-state index in [9.17, 15) is 5.11 Å². The molecule has 2 aromatic carbocycles. The number of phenolic OH excluding ortho intramolecular Hbond substituents is 1. The van der Waals surface area contributed by atoms with E-state index < -0.39 is 0 Å². The Morgan fingerprint density at radius 3 is 2.53 bits per heavy atom. The van der Waals surface area contributed by atoms with Gasteiger partial charge in [0.1, 0.15) is 5.75 Å². The summed E-state index contributed by atoms with van der Waals surface area (Å²) in [7, 11) is 0. The second kappa shape index (κ2) is 5.11. The second-order valence-corrected chi connectivity index (χ2v) is 4.42. The molecule has 0 saturated heterocycles. The fourth-order valence-corrected chi connectivity index (χ4v) is 1.77. The number of halogens is 1. The first-order chi connectivity index (χ1) is 8.15. The van der Waals surface area contributed by atoms with E-state index in [0.29, 0.717) is 6.54 Å². The number of aromatic hydroxyl groups is 1. The van der Waals surface area contributed by atoms with Gasteiger partial charge in [0.15, 0.2) is 0 Å². The zero-order valence-electron chi connectivity index (χ0n) is 9.57. The molecule has 88 valence electrons. The van der Waals surface area contributed by atoms with Crippen molar-refractivity contribution in [2.75, 3.05) is 5.32 Å². The molecule has 0 bridgehead atoms. The number of hydrogen-bond donors (Lipinski definition) is 2. The molecule has 0 aromatic heterocycles. The van der Waals surface area contributed by atoms with Gasteiger partial charge in [0.2, 0.25) is 0 Å². The lowest BCUT2D eigenvalue weighted by atomic mass is 10.1. The minimum Gasteiger partial charge on any atom is -0.508 e. The molecule has 0 unspecified atom stereocenters. The Morgan fingerprint density at radius 1 is 1.12 bits per heavy atom. The van der Waals surface area contributed by atoms with Gasteiger partial charge < -0.3 is 10.4 Å². The molecule has 0 heterocycles. The summed E-state index contributed by atoms with van der Waals surface area (Å²) in [6.45, 7) is 2.75. The lowest BCUT2D eigenvalue weighted by Crippen LogP contribution is -2.00. The molecule has 0 aliphatic carbocycles. The zero-order valence-corrected chi connectivity index (χ0v) is 10.3. The van der Waals surface area contributed by atoms with E-state index in [1.54, 1.807) is 12.1 Å². The summed E-state index contributed by atoms with van der Waals surface area (Å²) >= 11 is 5.95. The summed E-state index contributed by atoms with van der Waals surface area (Å²) in [6, 6.07) is 12.9.